The summed E-state index contributed by atoms with van der Waals surface area (Å²) < 4.78 is 23.7. The Morgan fingerprint density at radius 3 is 2.67 bits per heavy atom. The van der Waals surface area contributed by atoms with Crippen LogP contribution in [-0.2, 0) is 0 Å². The number of methoxy groups -OCH3 is 1. The maximum Gasteiger partial charge on any atom is 0.261 e. The Labute approximate surface area is 235 Å². The molecule has 0 saturated heterocycles. The lowest BCUT2D eigenvalue weighted by Gasteiger charge is -2.17. The molecule has 9 nitrogen and oxygen atoms in total. The first-order chi connectivity index (χ1) is 19.3. The van der Waals surface area contributed by atoms with E-state index in [4.69, 9.17) is 18.9 Å². The van der Waals surface area contributed by atoms with Gasteiger partial charge in [0.25, 0.3) is 5.91 Å². The minimum Gasteiger partial charge on any atom is -0.493 e. The van der Waals surface area contributed by atoms with Crippen LogP contribution in [0.1, 0.15) is 36.5 Å². The first kappa shape index (κ1) is 27.7. The summed E-state index contributed by atoms with van der Waals surface area (Å²) in [7, 11) is 6.17. The maximum absolute atomic E-state index is 13.1. The number of hydrogen-bond acceptors (Lipinski definition) is 8. The van der Waals surface area contributed by atoms with E-state index in [0.29, 0.717) is 58.5 Å². The van der Waals surface area contributed by atoms with Crippen molar-refractivity contribution in [1.82, 2.24) is 9.97 Å². The van der Waals surface area contributed by atoms with Crippen molar-refractivity contribution in [1.29, 1.82) is 0 Å². The zero-order valence-electron chi connectivity index (χ0n) is 22.6. The van der Waals surface area contributed by atoms with Crippen LogP contribution in [0.5, 0.6) is 28.7 Å². The molecule has 0 spiro atoms. The minimum absolute atomic E-state index is 0.171. The van der Waals surface area contributed by atoms with Crippen LogP contribution in [-0.4, -0.2) is 54.8 Å². The lowest BCUT2D eigenvalue weighted by molar-refractivity contribution is 0.102. The van der Waals surface area contributed by atoms with Crippen LogP contribution in [0.15, 0.2) is 55.0 Å². The van der Waals surface area contributed by atoms with Crippen LogP contribution in [0.2, 0.25) is 0 Å². The Bertz CT molecular complexity index is 1520. The molecular weight excluding hydrogens is 528 g/mol. The first-order valence-corrected chi connectivity index (χ1v) is 13.7. The second-order valence-corrected chi connectivity index (χ2v) is 10.4. The smallest absolute Gasteiger partial charge is 0.261 e. The highest BCUT2D eigenvalue weighted by atomic mass is 31.0. The number of nitrogens with zero attached hydrogens (tertiary/aromatic N) is 2. The van der Waals surface area contributed by atoms with Crippen molar-refractivity contribution < 1.29 is 28.8 Å². The van der Waals surface area contributed by atoms with E-state index < -0.39 is 6.10 Å². The second kappa shape index (κ2) is 12.1. The van der Waals surface area contributed by atoms with Crippen LogP contribution in [0.3, 0.4) is 0 Å². The number of rotatable bonds is 11. The predicted molar refractivity (Wildman–Crippen MR) is 160 cm³/mol. The quantitative estimate of drug-likeness (QED) is 0.213. The molecule has 206 valence electrons. The third-order valence-electron chi connectivity index (χ3n) is 6.40. The van der Waals surface area contributed by atoms with E-state index in [2.05, 4.69) is 24.5 Å². The topological polar surface area (TPSA) is 112 Å². The SMILES string of the molecule is Bc1cc(NC(=O)c2cnccc2OC2CC2)cc(P)c1Oc1ccnc2cc(OCC[C@@H](C)O)c(OC)cc12. The summed E-state index contributed by atoms with van der Waals surface area (Å²) in [4.78, 5) is 21.6. The van der Waals surface area contributed by atoms with Crippen molar-refractivity contribution in [2.24, 2.45) is 0 Å². The fraction of sp³-hybridized carbons (Fsp3) is 0.276. The average molecular weight is 559 g/mol. The third-order valence-corrected chi connectivity index (χ3v) is 6.83. The zero-order chi connectivity index (χ0) is 28.2. The maximum atomic E-state index is 13.1. The molecule has 0 radical (unpaired) electrons. The van der Waals surface area contributed by atoms with E-state index >= 15 is 0 Å². The summed E-state index contributed by atoms with van der Waals surface area (Å²) in [5.74, 6) is 2.57. The number of fused-ring (bicyclic) bond motifs is 1. The molecule has 4 aromatic rings. The molecule has 0 aliphatic heterocycles. The second-order valence-electron chi connectivity index (χ2n) is 9.77. The molecule has 5 rings (SSSR count). The normalized spacial score (nSPS) is 13.5. The Morgan fingerprint density at radius 2 is 1.95 bits per heavy atom. The third kappa shape index (κ3) is 6.46. The summed E-state index contributed by atoms with van der Waals surface area (Å²) in [5.41, 5.74) is 2.53. The number of carbonyl (C=O) groups is 1. The van der Waals surface area contributed by atoms with Gasteiger partial charge in [-0.15, -0.1) is 9.24 Å². The lowest BCUT2D eigenvalue weighted by Crippen LogP contribution is -2.19. The Hall–Kier alpha value is -3.88. The lowest BCUT2D eigenvalue weighted by atomic mass is 9.94. The van der Waals surface area contributed by atoms with Gasteiger partial charge in [0.05, 0.1) is 37.0 Å². The molecule has 2 heterocycles. The molecule has 1 aliphatic carbocycles. The molecule has 2 atom stereocenters. The molecule has 1 fully saturated rings. The van der Waals surface area contributed by atoms with Gasteiger partial charge in [-0.25, -0.2) is 0 Å². The molecule has 2 aromatic heterocycles. The summed E-state index contributed by atoms with van der Waals surface area (Å²) in [6, 6.07) is 10.8. The summed E-state index contributed by atoms with van der Waals surface area (Å²) >= 11 is 0. The van der Waals surface area contributed by atoms with Crippen LogP contribution < -0.4 is 35.0 Å². The molecule has 40 heavy (non-hydrogen) atoms. The Morgan fingerprint density at radius 1 is 1.15 bits per heavy atom. The fourth-order valence-corrected chi connectivity index (χ4v) is 4.64. The number of aliphatic hydroxyl groups is 1. The number of aliphatic hydroxyl groups excluding tert-OH is 1. The fourth-order valence-electron chi connectivity index (χ4n) is 4.17. The molecule has 1 unspecified atom stereocenters. The van der Waals surface area contributed by atoms with E-state index in [1.165, 1.54) is 6.20 Å². The predicted octanol–water partition coefficient (Wildman–Crippen LogP) is 3.13. The summed E-state index contributed by atoms with van der Waals surface area (Å²) in [5, 5.41) is 14.0. The number of carbonyl (C=O) groups excluding carboxylic acids is 1. The molecule has 2 N–H and O–H groups in total. The number of aromatic nitrogens is 2. The zero-order valence-corrected chi connectivity index (χ0v) is 23.8. The summed E-state index contributed by atoms with van der Waals surface area (Å²) in [6.07, 6.45) is 7.03. The van der Waals surface area contributed by atoms with Gasteiger partial charge in [0.15, 0.2) is 11.5 Å². The van der Waals surface area contributed by atoms with Crippen LogP contribution in [0.25, 0.3) is 10.9 Å². The van der Waals surface area contributed by atoms with E-state index in [0.717, 1.165) is 29.0 Å². The number of benzene rings is 2. The van der Waals surface area contributed by atoms with Crippen molar-refractivity contribution in [3.8, 4) is 28.7 Å². The van der Waals surface area contributed by atoms with Gasteiger partial charge in [0.2, 0.25) is 0 Å². The monoisotopic (exact) mass is 559 g/mol. The van der Waals surface area contributed by atoms with Gasteiger partial charge in [-0.3, -0.25) is 14.8 Å². The average Bonchev–Trinajstić information content (AvgIpc) is 3.74. The van der Waals surface area contributed by atoms with Gasteiger partial charge in [0, 0.05) is 47.5 Å². The van der Waals surface area contributed by atoms with Crippen molar-refractivity contribution in [2.45, 2.75) is 38.4 Å². The number of amides is 1. The molecular formula is C29H31BN3O6P. The van der Waals surface area contributed by atoms with Crippen LogP contribution in [0, 0.1) is 0 Å². The Balaban J connectivity index is 1.37. The highest BCUT2D eigenvalue weighted by molar-refractivity contribution is 7.27. The standard InChI is InChI=1S/C29H31BN3O6P/c1-16(34)7-10-37-26-14-22-19(13-25(26)36-2)23(6-9-32-22)39-28-21(30)11-17(12-27(28)40)33-29(35)20-15-31-8-5-24(20)38-18-3-4-18/h5-6,8-9,11-16,18,34H,3-4,7,10,30,40H2,1-2H3,(H,33,35)/t16-/m1/s1. The number of pyridine rings is 2. The highest BCUT2D eigenvalue weighted by Gasteiger charge is 2.26. The van der Waals surface area contributed by atoms with Crippen LogP contribution >= 0.6 is 9.24 Å². The van der Waals surface area contributed by atoms with Crippen molar-refractivity contribution >= 4 is 50.4 Å². The summed E-state index contributed by atoms with van der Waals surface area (Å²) in [6.45, 7) is 2.07. The van der Waals surface area contributed by atoms with Gasteiger partial charge in [-0.2, -0.15) is 0 Å². The molecule has 2 aromatic carbocycles. The Kier molecular flexibility index (Phi) is 8.38. The number of hydrogen-bond donors (Lipinski definition) is 2. The van der Waals surface area contributed by atoms with Gasteiger partial charge in [-0.05, 0) is 55.6 Å². The number of ether oxygens (including phenoxy) is 4. The molecule has 1 amide bonds. The van der Waals surface area contributed by atoms with E-state index in [1.807, 2.05) is 26.0 Å². The number of anilines is 1. The largest absolute Gasteiger partial charge is 0.493 e. The van der Waals surface area contributed by atoms with E-state index in [9.17, 15) is 9.90 Å². The molecule has 0 bridgehead atoms. The molecule has 1 saturated carbocycles. The van der Waals surface area contributed by atoms with E-state index in [-0.39, 0.29) is 12.0 Å². The molecule has 1 aliphatic rings. The van der Waals surface area contributed by atoms with Gasteiger partial charge in [-0.1, -0.05) is 0 Å². The van der Waals surface area contributed by atoms with Crippen molar-refractivity contribution in [3.63, 3.8) is 0 Å². The van der Waals surface area contributed by atoms with Gasteiger partial charge >= 0.3 is 0 Å². The van der Waals surface area contributed by atoms with Crippen LogP contribution in [0.4, 0.5) is 5.69 Å². The number of nitrogens with one attached hydrogen (secondary N) is 1. The van der Waals surface area contributed by atoms with Crippen molar-refractivity contribution in [2.75, 3.05) is 19.0 Å². The highest BCUT2D eigenvalue weighted by Crippen LogP contribution is 2.37. The van der Waals surface area contributed by atoms with Crippen molar-refractivity contribution in [3.05, 3.63) is 60.6 Å². The van der Waals surface area contributed by atoms with E-state index in [1.54, 1.807) is 44.6 Å². The molecule has 11 heteroatoms. The van der Waals surface area contributed by atoms with Gasteiger partial charge < -0.3 is 29.4 Å². The minimum atomic E-state index is -0.456. The first-order valence-electron chi connectivity index (χ1n) is 13.1. The van der Waals surface area contributed by atoms with Gasteiger partial charge in [0.1, 0.15) is 25.1 Å².